The molecule has 0 bridgehead atoms. The quantitative estimate of drug-likeness (QED) is 0.804. The van der Waals surface area contributed by atoms with Crippen LogP contribution in [0.1, 0.15) is 54.7 Å². The molecular formula is C19H25NS. The predicted octanol–water partition coefficient (Wildman–Crippen LogP) is 5.15. The van der Waals surface area contributed by atoms with Gasteiger partial charge in [0.15, 0.2) is 0 Å². The third-order valence-electron chi connectivity index (χ3n) is 4.59. The summed E-state index contributed by atoms with van der Waals surface area (Å²) < 4.78 is 0. The minimum absolute atomic E-state index is 0.485. The number of hydrogen-bond acceptors (Lipinski definition) is 2. The molecule has 0 fully saturated rings. The molecule has 2 aromatic rings. The summed E-state index contributed by atoms with van der Waals surface area (Å²) in [6, 6.07) is 13.9. The second kappa shape index (κ2) is 6.76. The Balaban J connectivity index is 1.70. The van der Waals surface area contributed by atoms with Crippen molar-refractivity contribution in [2.75, 3.05) is 6.54 Å². The Bertz CT molecular complexity index is 559. The fourth-order valence-electron chi connectivity index (χ4n) is 3.47. The highest BCUT2D eigenvalue weighted by Gasteiger charge is 2.22. The molecule has 1 aromatic heterocycles. The van der Waals surface area contributed by atoms with E-state index in [1.54, 1.807) is 11.1 Å². The summed E-state index contributed by atoms with van der Waals surface area (Å²) in [7, 11) is 0. The van der Waals surface area contributed by atoms with E-state index in [0.29, 0.717) is 17.9 Å². The molecule has 1 aliphatic carbocycles. The largest absolute Gasteiger partial charge is 0.308 e. The third-order valence-corrected chi connectivity index (χ3v) is 5.55. The maximum atomic E-state index is 3.84. The lowest BCUT2D eigenvalue weighted by atomic mass is 9.82. The van der Waals surface area contributed by atoms with Crippen LogP contribution in [0.3, 0.4) is 0 Å². The van der Waals surface area contributed by atoms with Crippen molar-refractivity contribution >= 4 is 11.3 Å². The second-order valence-electron chi connectivity index (χ2n) is 6.43. The zero-order valence-electron chi connectivity index (χ0n) is 13.0. The molecular weight excluding hydrogens is 274 g/mol. The number of aryl methyl sites for hydroxylation is 1. The molecule has 21 heavy (non-hydrogen) atoms. The van der Waals surface area contributed by atoms with Crippen LogP contribution in [0, 0.1) is 5.92 Å². The van der Waals surface area contributed by atoms with E-state index >= 15 is 0 Å². The summed E-state index contributed by atoms with van der Waals surface area (Å²) in [4.78, 5) is 1.47. The SMILES string of the molecule is CC(C)C(NCC1CCCc2ccccc21)c1cccs1. The fourth-order valence-corrected chi connectivity index (χ4v) is 4.44. The minimum Gasteiger partial charge on any atom is -0.308 e. The number of nitrogens with one attached hydrogen (secondary N) is 1. The van der Waals surface area contributed by atoms with Crippen molar-refractivity contribution in [3.8, 4) is 0 Å². The summed E-state index contributed by atoms with van der Waals surface area (Å²) in [5, 5.41) is 6.03. The van der Waals surface area contributed by atoms with E-state index in [2.05, 4.69) is 60.9 Å². The predicted molar refractivity (Wildman–Crippen MR) is 92.0 cm³/mol. The Hall–Kier alpha value is -1.12. The molecule has 0 saturated heterocycles. The van der Waals surface area contributed by atoms with Crippen molar-refractivity contribution in [1.29, 1.82) is 0 Å². The van der Waals surface area contributed by atoms with Crippen LogP contribution in [0.15, 0.2) is 41.8 Å². The van der Waals surface area contributed by atoms with Gasteiger partial charge in [0, 0.05) is 17.5 Å². The molecule has 2 heteroatoms. The highest BCUT2D eigenvalue weighted by molar-refractivity contribution is 7.10. The molecule has 1 aromatic carbocycles. The number of rotatable bonds is 5. The molecule has 1 nitrogen and oxygen atoms in total. The lowest BCUT2D eigenvalue weighted by Crippen LogP contribution is -2.30. The lowest BCUT2D eigenvalue weighted by molar-refractivity contribution is 0.389. The molecule has 0 saturated carbocycles. The molecule has 0 spiro atoms. The Labute approximate surface area is 132 Å². The first kappa shape index (κ1) is 14.8. The van der Waals surface area contributed by atoms with Crippen molar-refractivity contribution in [3.63, 3.8) is 0 Å². The summed E-state index contributed by atoms with van der Waals surface area (Å²) in [6.07, 6.45) is 3.90. The van der Waals surface area contributed by atoms with Gasteiger partial charge in [0.2, 0.25) is 0 Å². The molecule has 0 aliphatic heterocycles. The van der Waals surface area contributed by atoms with Crippen molar-refractivity contribution in [3.05, 3.63) is 57.8 Å². The first-order valence-electron chi connectivity index (χ1n) is 8.10. The molecule has 1 N–H and O–H groups in total. The van der Waals surface area contributed by atoms with Gasteiger partial charge in [0.25, 0.3) is 0 Å². The van der Waals surface area contributed by atoms with Gasteiger partial charge in [0.05, 0.1) is 0 Å². The molecule has 2 atom stereocenters. The Kier molecular flexibility index (Phi) is 4.77. The standard InChI is InChI=1S/C19H25NS/c1-14(2)19(18-11-6-12-21-18)20-13-16-9-5-8-15-7-3-4-10-17(15)16/h3-4,6-7,10-12,14,16,19-20H,5,8-9,13H2,1-2H3. The number of hydrogen-bond donors (Lipinski definition) is 1. The van der Waals surface area contributed by atoms with Crippen LogP contribution in [0.4, 0.5) is 0 Å². The molecule has 0 amide bonds. The van der Waals surface area contributed by atoms with Crippen LogP contribution in [0.25, 0.3) is 0 Å². The van der Waals surface area contributed by atoms with Crippen LogP contribution >= 0.6 is 11.3 Å². The first-order chi connectivity index (χ1) is 10.3. The van der Waals surface area contributed by atoms with Gasteiger partial charge in [-0.3, -0.25) is 0 Å². The van der Waals surface area contributed by atoms with E-state index in [9.17, 15) is 0 Å². The smallest absolute Gasteiger partial charge is 0.0438 e. The van der Waals surface area contributed by atoms with Gasteiger partial charge in [-0.15, -0.1) is 11.3 Å². The van der Waals surface area contributed by atoms with Gasteiger partial charge in [-0.25, -0.2) is 0 Å². The van der Waals surface area contributed by atoms with Gasteiger partial charge >= 0.3 is 0 Å². The summed E-state index contributed by atoms with van der Waals surface area (Å²) in [5.74, 6) is 1.30. The normalized spacial score (nSPS) is 19.5. The molecule has 2 unspecified atom stereocenters. The minimum atomic E-state index is 0.485. The Morgan fingerprint density at radius 3 is 2.81 bits per heavy atom. The average molecular weight is 299 g/mol. The average Bonchev–Trinajstić information content (AvgIpc) is 3.01. The van der Waals surface area contributed by atoms with E-state index in [1.165, 1.54) is 24.1 Å². The van der Waals surface area contributed by atoms with Gasteiger partial charge in [-0.1, -0.05) is 44.2 Å². The molecule has 1 heterocycles. The maximum Gasteiger partial charge on any atom is 0.0438 e. The van der Waals surface area contributed by atoms with Crippen LogP contribution in [0.2, 0.25) is 0 Å². The van der Waals surface area contributed by atoms with Crippen molar-refractivity contribution in [1.82, 2.24) is 5.32 Å². The molecule has 0 radical (unpaired) electrons. The van der Waals surface area contributed by atoms with Crippen molar-refractivity contribution in [2.45, 2.75) is 45.1 Å². The zero-order valence-corrected chi connectivity index (χ0v) is 13.8. The highest BCUT2D eigenvalue weighted by atomic mass is 32.1. The van der Waals surface area contributed by atoms with E-state index in [-0.39, 0.29) is 0 Å². The van der Waals surface area contributed by atoms with E-state index < -0.39 is 0 Å². The Morgan fingerprint density at radius 1 is 1.19 bits per heavy atom. The molecule has 3 rings (SSSR count). The van der Waals surface area contributed by atoms with Gasteiger partial charge in [-0.2, -0.15) is 0 Å². The maximum absolute atomic E-state index is 3.84. The van der Waals surface area contributed by atoms with Crippen molar-refractivity contribution in [2.24, 2.45) is 5.92 Å². The number of thiophene rings is 1. The highest BCUT2D eigenvalue weighted by Crippen LogP contribution is 2.32. The van der Waals surface area contributed by atoms with E-state index in [0.717, 1.165) is 6.54 Å². The van der Waals surface area contributed by atoms with Crippen LogP contribution in [0.5, 0.6) is 0 Å². The summed E-state index contributed by atoms with van der Waals surface area (Å²) in [5.41, 5.74) is 3.14. The Morgan fingerprint density at radius 2 is 2.05 bits per heavy atom. The van der Waals surface area contributed by atoms with Gasteiger partial charge in [0.1, 0.15) is 0 Å². The van der Waals surface area contributed by atoms with Gasteiger partial charge < -0.3 is 5.32 Å². The molecule has 1 aliphatic rings. The monoisotopic (exact) mass is 299 g/mol. The van der Waals surface area contributed by atoms with Crippen LogP contribution in [-0.2, 0) is 6.42 Å². The van der Waals surface area contributed by atoms with E-state index in [1.807, 2.05) is 11.3 Å². The summed E-state index contributed by atoms with van der Waals surface area (Å²) in [6.45, 7) is 5.72. The molecule has 112 valence electrons. The second-order valence-corrected chi connectivity index (χ2v) is 7.41. The summed E-state index contributed by atoms with van der Waals surface area (Å²) >= 11 is 1.87. The lowest BCUT2D eigenvalue weighted by Gasteiger charge is -2.29. The zero-order chi connectivity index (χ0) is 14.7. The van der Waals surface area contributed by atoms with Crippen molar-refractivity contribution < 1.29 is 0 Å². The number of fused-ring (bicyclic) bond motifs is 1. The fraction of sp³-hybridized carbons (Fsp3) is 0.474. The number of benzene rings is 1. The van der Waals surface area contributed by atoms with Crippen LogP contribution in [-0.4, -0.2) is 6.54 Å². The van der Waals surface area contributed by atoms with E-state index in [4.69, 9.17) is 0 Å². The van der Waals surface area contributed by atoms with Crippen LogP contribution < -0.4 is 5.32 Å². The van der Waals surface area contributed by atoms with Gasteiger partial charge in [-0.05, 0) is 53.7 Å². The third kappa shape index (κ3) is 3.38. The first-order valence-corrected chi connectivity index (χ1v) is 8.98. The topological polar surface area (TPSA) is 12.0 Å².